The smallest absolute Gasteiger partial charge is 0.225 e. The average Bonchev–Trinajstić information content (AvgIpc) is 3.25. The Morgan fingerprint density at radius 3 is 2.66 bits per heavy atom. The fraction of sp³-hybridized carbons (Fsp3) is 0.609. The van der Waals surface area contributed by atoms with Crippen molar-refractivity contribution in [1.82, 2.24) is 19.9 Å². The molecule has 1 atom stereocenters. The minimum absolute atomic E-state index is 0.262. The van der Waals surface area contributed by atoms with Crippen molar-refractivity contribution in [3.63, 3.8) is 0 Å². The molecule has 1 unspecified atom stereocenters. The number of nitrogens with zero attached hydrogens (tertiary/aromatic N) is 4. The number of amides is 1. The molecule has 1 saturated carbocycles. The predicted molar refractivity (Wildman–Crippen MR) is 111 cm³/mol. The van der Waals surface area contributed by atoms with Gasteiger partial charge in [0.05, 0.1) is 6.20 Å². The summed E-state index contributed by atoms with van der Waals surface area (Å²) in [7, 11) is 0. The Morgan fingerprint density at radius 1 is 1.03 bits per heavy atom. The molecule has 1 saturated heterocycles. The molecule has 1 aromatic heterocycles. The van der Waals surface area contributed by atoms with Gasteiger partial charge in [-0.25, -0.2) is 0 Å². The highest BCUT2D eigenvalue weighted by molar-refractivity contribution is 5.79. The van der Waals surface area contributed by atoms with Crippen molar-refractivity contribution in [2.75, 3.05) is 6.54 Å². The number of likely N-dealkylation sites (tertiary alicyclic amines) is 1. The molecule has 2 aromatic rings. The second kappa shape index (κ2) is 9.90. The Labute approximate surface area is 173 Å². The van der Waals surface area contributed by atoms with Crippen LogP contribution < -0.4 is 4.74 Å². The molecule has 1 aromatic carbocycles. The summed E-state index contributed by atoms with van der Waals surface area (Å²) in [5, 5.41) is 8.49. The number of hydrogen-bond donors (Lipinski definition) is 0. The summed E-state index contributed by atoms with van der Waals surface area (Å²) in [6, 6.07) is 10.1. The lowest BCUT2D eigenvalue weighted by molar-refractivity contribution is -0.140. The van der Waals surface area contributed by atoms with E-state index in [1.807, 2.05) is 41.2 Å². The molecule has 1 aliphatic carbocycles. The average molecular weight is 397 g/mol. The lowest BCUT2D eigenvalue weighted by Crippen LogP contribution is -2.47. The Balaban J connectivity index is 1.29. The topological polar surface area (TPSA) is 60.2 Å². The molecule has 1 amide bonds. The molecule has 1 aliphatic heterocycles. The van der Waals surface area contributed by atoms with Crippen LogP contribution in [0.1, 0.15) is 63.5 Å². The molecule has 2 aliphatic rings. The fourth-order valence-electron chi connectivity index (χ4n) is 4.64. The van der Waals surface area contributed by atoms with E-state index in [0.29, 0.717) is 18.6 Å². The van der Waals surface area contributed by atoms with Crippen molar-refractivity contribution < 1.29 is 9.53 Å². The van der Waals surface area contributed by atoms with E-state index in [1.165, 1.54) is 25.7 Å². The van der Waals surface area contributed by atoms with Gasteiger partial charge < -0.3 is 9.64 Å². The Bertz CT molecular complexity index is 770. The predicted octanol–water partition coefficient (Wildman–Crippen LogP) is 4.21. The summed E-state index contributed by atoms with van der Waals surface area (Å²) in [5.41, 5.74) is 0.827. The summed E-state index contributed by atoms with van der Waals surface area (Å²) in [4.78, 5) is 15.3. The maximum Gasteiger partial charge on any atom is 0.225 e. The Hall–Kier alpha value is -2.37. The van der Waals surface area contributed by atoms with E-state index in [9.17, 15) is 4.79 Å². The van der Waals surface area contributed by atoms with E-state index in [0.717, 1.165) is 56.6 Å². The zero-order chi connectivity index (χ0) is 19.9. The molecular weight excluding hydrogens is 364 g/mol. The van der Waals surface area contributed by atoms with E-state index in [-0.39, 0.29) is 5.92 Å². The first-order chi connectivity index (χ1) is 14.3. The van der Waals surface area contributed by atoms with Gasteiger partial charge in [-0.2, -0.15) is 0 Å². The molecule has 4 rings (SSSR count). The number of aromatic nitrogens is 3. The maximum atomic E-state index is 13.1. The Kier molecular flexibility index (Phi) is 6.80. The standard InChI is InChI=1S/C23H32N4O2/c28-23(19-9-3-1-4-10-19)27-15-8-7-11-21(27)14-16-26-17-20(24-25-26)18-29-22-12-5-2-6-13-22/h2,5-6,12-13,17,19,21H,1,3-4,7-11,14-16,18H2. The molecule has 0 N–H and O–H groups in total. The number of hydrogen-bond acceptors (Lipinski definition) is 4. The van der Waals surface area contributed by atoms with E-state index < -0.39 is 0 Å². The van der Waals surface area contributed by atoms with Gasteiger partial charge in [-0.05, 0) is 50.7 Å². The number of piperidine rings is 1. The van der Waals surface area contributed by atoms with Gasteiger partial charge in [0.2, 0.25) is 5.91 Å². The minimum atomic E-state index is 0.262. The van der Waals surface area contributed by atoms with Crippen molar-refractivity contribution in [3.8, 4) is 5.75 Å². The number of para-hydroxylation sites is 1. The van der Waals surface area contributed by atoms with Gasteiger partial charge >= 0.3 is 0 Å². The normalized spacial score (nSPS) is 20.6. The molecule has 2 heterocycles. The fourth-order valence-corrected chi connectivity index (χ4v) is 4.64. The summed E-state index contributed by atoms with van der Waals surface area (Å²) in [6.45, 7) is 2.13. The lowest BCUT2D eigenvalue weighted by atomic mass is 9.87. The number of aryl methyl sites for hydroxylation is 1. The summed E-state index contributed by atoms with van der Waals surface area (Å²) < 4.78 is 7.64. The quantitative estimate of drug-likeness (QED) is 0.703. The van der Waals surface area contributed by atoms with Gasteiger partial charge in [0.25, 0.3) is 0 Å². The van der Waals surface area contributed by atoms with Crippen LogP contribution in [0.15, 0.2) is 36.5 Å². The minimum Gasteiger partial charge on any atom is -0.487 e. The van der Waals surface area contributed by atoms with Gasteiger partial charge in [-0.15, -0.1) is 5.10 Å². The largest absolute Gasteiger partial charge is 0.487 e. The van der Waals surface area contributed by atoms with Crippen LogP contribution in [-0.2, 0) is 17.9 Å². The van der Waals surface area contributed by atoms with Gasteiger partial charge in [-0.1, -0.05) is 42.7 Å². The molecule has 6 nitrogen and oxygen atoms in total. The van der Waals surface area contributed by atoms with Crippen LogP contribution in [0.5, 0.6) is 5.75 Å². The van der Waals surface area contributed by atoms with Crippen LogP contribution in [-0.4, -0.2) is 38.4 Å². The van der Waals surface area contributed by atoms with E-state index in [2.05, 4.69) is 15.2 Å². The highest BCUT2D eigenvalue weighted by atomic mass is 16.5. The molecule has 0 bridgehead atoms. The van der Waals surface area contributed by atoms with Crippen molar-refractivity contribution >= 4 is 5.91 Å². The first kappa shape index (κ1) is 19.9. The first-order valence-corrected chi connectivity index (χ1v) is 11.2. The highest BCUT2D eigenvalue weighted by Gasteiger charge is 2.31. The summed E-state index contributed by atoms with van der Waals surface area (Å²) >= 11 is 0. The van der Waals surface area contributed by atoms with E-state index in [1.54, 1.807) is 0 Å². The summed E-state index contributed by atoms with van der Waals surface area (Å²) in [6.07, 6.45) is 12.2. The summed E-state index contributed by atoms with van der Waals surface area (Å²) in [5.74, 6) is 1.50. The van der Waals surface area contributed by atoms with Crippen molar-refractivity contribution in [2.45, 2.75) is 77.0 Å². The molecule has 0 radical (unpaired) electrons. The van der Waals surface area contributed by atoms with Gasteiger partial charge in [0, 0.05) is 25.0 Å². The highest BCUT2D eigenvalue weighted by Crippen LogP contribution is 2.29. The number of ether oxygens (including phenoxy) is 1. The van der Waals surface area contributed by atoms with E-state index >= 15 is 0 Å². The lowest BCUT2D eigenvalue weighted by Gasteiger charge is -2.38. The third-order valence-electron chi connectivity index (χ3n) is 6.27. The van der Waals surface area contributed by atoms with Gasteiger partial charge in [-0.3, -0.25) is 9.48 Å². The molecule has 29 heavy (non-hydrogen) atoms. The third kappa shape index (κ3) is 5.37. The van der Waals surface area contributed by atoms with Crippen LogP contribution in [0.4, 0.5) is 0 Å². The van der Waals surface area contributed by atoms with Crippen LogP contribution >= 0.6 is 0 Å². The number of carbonyl (C=O) groups is 1. The SMILES string of the molecule is O=C(C1CCCCC1)N1CCCCC1CCn1cc(COc2ccccc2)nn1. The number of rotatable bonds is 7. The van der Waals surface area contributed by atoms with Crippen molar-refractivity contribution in [2.24, 2.45) is 5.92 Å². The van der Waals surface area contributed by atoms with Gasteiger partial charge in [0.15, 0.2) is 0 Å². The second-order valence-corrected chi connectivity index (χ2v) is 8.38. The molecule has 0 spiro atoms. The maximum absolute atomic E-state index is 13.1. The zero-order valence-electron chi connectivity index (χ0n) is 17.2. The Morgan fingerprint density at radius 2 is 1.83 bits per heavy atom. The van der Waals surface area contributed by atoms with Crippen LogP contribution in [0.25, 0.3) is 0 Å². The molecular formula is C23H32N4O2. The van der Waals surface area contributed by atoms with Gasteiger partial charge in [0.1, 0.15) is 18.1 Å². The zero-order valence-corrected chi connectivity index (χ0v) is 17.2. The molecule has 6 heteroatoms. The monoisotopic (exact) mass is 396 g/mol. The number of benzene rings is 1. The first-order valence-electron chi connectivity index (χ1n) is 11.2. The van der Waals surface area contributed by atoms with E-state index in [4.69, 9.17) is 4.74 Å². The van der Waals surface area contributed by atoms with Crippen molar-refractivity contribution in [3.05, 3.63) is 42.2 Å². The van der Waals surface area contributed by atoms with Crippen LogP contribution in [0, 0.1) is 5.92 Å². The van der Waals surface area contributed by atoms with Crippen LogP contribution in [0.2, 0.25) is 0 Å². The molecule has 156 valence electrons. The third-order valence-corrected chi connectivity index (χ3v) is 6.27. The molecule has 2 fully saturated rings. The number of carbonyl (C=O) groups excluding carboxylic acids is 1. The van der Waals surface area contributed by atoms with Crippen molar-refractivity contribution in [1.29, 1.82) is 0 Å². The van der Waals surface area contributed by atoms with Crippen LogP contribution in [0.3, 0.4) is 0 Å². The second-order valence-electron chi connectivity index (χ2n) is 8.38.